The predicted molar refractivity (Wildman–Crippen MR) is 120 cm³/mol. The molecule has 1 saturated heterocycles. The molecule has 3 aromatic rings. The van der Waals surface area contributed by atoms with E-state index in [-0.39, 0.29) is 11.6 Å². The maximum Gasteiger partial charge on any atom is 0.253 e. The van der Waals surface area contributed by atoms with Crippen LogP contribution in [-0.2, 0) is 0 Å². The number of H-pyrrole nitrogens is 1. The lowest BCUT2D eigenvalue weighted by Gasteiger charge is -2.38. The van der Waals surface area contributed by atoms with Crippen LogP contribution in [0.2, 0.25) is 0 Å². The van der Waals surface area contributed by atoms with Crippen molar-refractivity contribution >= 4 is 10.9 Å². The number of nitrogens with zero attached hydrogens (tertiary/aromatic N) is 6. The molecule has 8 heteroatoms. The summed E-state index contributed by atoms with van der Waals surface area (Å²) in [5.74, 6) is 0.800. The van der Waals surface area contributed by atoms with E-state index in [9.17, 15) is 4.79 Å². The van der Waals surface area contributed by atoms with Crippen LogP contribution in [-0.4, -0.2) is 67.7 Å². The van der Waals surface area contributed by atoms with Gasteiger partial charge in [-0.15, -0.1) is 5.10 Å². The number of hydrogen-bond donors (Lipinski definition) is 1. The second-order valence-corrected chi connectivity index (χ2v) is 8.94. The van der Waals surface area contributed by atoms with E-state index in [1.54, 1.807) is 0 Å². The van der Waals surface area contributed by atoms with Crippen LogP contribution < -0.4 is 5.56 Å². The molecule has 0 spiro atoms. The molecule has 1 aromatic carbocycles. The SMILES string of the molecule is CCN1CCN(C(c2cc3ccc(C)cc3[nH]c2=O)c2nnnn2C2CCCC2)CC1. The number of fused-ring (bicyclic) bond motifs is 1. The molecule has 2 aliphatic rings. The van der Waals surface area contributed by atoms with Gasteiger partial charge in [-0.2, -0.15) is 0 Å². The minimum absolute atomic E-state index is 0.0537. The van der Waals surface area contributed by atoms with Crippen LogP contribution in [0.1, 0.15) is 61.6 Å². The number of tetrazole rings is 1. The summed E-state index contributed by atoms with van der Waals surface area (Å²) < 4.78 is 2.00. The van der Waals surface area contributed by atoms with E-state index in [0.717, 1.165) is 73.4 Å². The second-order valence-electron chi connectivity index (χ2n) is 8.94. The Morgan fingerprint density at radius 2 is 1.90 bits per heavy atom. The first-order valence-electron chi connectivity index (χ1n) is 11.5. The standard InChI is InChI=1S/C23H31N7O/c1-3-28-10-12-29(13-11-28)21(22-25-26-27-30(22)18-6-4-5-7-18)19-15-17-9-8-16(2)14-20(17)24-23(19)31/h8-9,14-15,18,21H,3-7,10-13H2,1-2H3,(H,24,31). The number of likely N-dealkylation sites (N-methyl/N-ethyl adjacent to an activating group) is 1. The monoisotopic (exact) mass is 421 g/mol. The number of aryl methyl sites for hydroxylation is 1. The smallest absolute Gasteiger partial charge is 0.253 e. The zero-order valence-electron chi connectivity index (χ0n) is 18.4. The summed E-state index contributed by atoms with van der Waals surface area (Å²) in [5, 5.41) is 14.0. The first-order chi connectivity index (χ1) is 15.1. The summed E-state index contributed by atoms with van der Waals surface area (Å²) in [4.78, 5) is 21.3. The Kier molecular flexibility index (Phi) is 5.58. The first kappa shape index (κ1) is 20.3. The van der Waals surface area contributed by atoms with Gasteiger partial charge in [-0.05, 0) is 59.8 Å². The van der Waals surface area contributed by atoms with Gasteiger partial charge in [-0.1, -0.05) is 31.9 Å². The summed E-state index contributed by atoms with van der Waals surface area (Å²) in [6.07, 6.45) is 4.61. The quantitative estimate of drug-likeness (QED) is 0.682. The third kappa shape index (κ3) is 3.90. The van der Waals surface area contributed by atoms with Crippen molar-refractivity contribution in [2.75, 3.05) is 32.7 Å². The lowest BCUT2D eigenvalue weighted by Crippen LogP contribution is -2.49. The van der Waals surface area contributed by atoms with E-state index in [1.165, 1.54) is 12.8 Å². The van der Waals surface area contributed by atoms with Crippen molar-refractivity contribution in [1.82, 2.24) is 35.0 Å². The van der Waals surface area contributed by atoms with Crippen LogP contribution in [0.4, 0.5) is 0 Å². The molecule has 1 N–H and O–H groups in total. The molecule has 0 bridgehead atoms. The third-order valence-electron chi connectivity index (χ3n) is 6.98. The first-order valence-corrected chi connectivity index (χ1v) is 11.5. The Hall–Kier alpha value is -2.58. The molecule has 8 nitrogen and oxygen atoms in total. The number of aromatic amines is 1. The van der Waals surface area contributed by atoms with Crippen molar-refractivity contribution in [3.05, 3.63) is 51.6 Å². The number of hydrogen-bond acceptors (Lipinski definition) is 6. The van der Waals surface area contributed by atoms with Gasteiger partial charge in [-0.25, -0.2) is 4.68 Å². The molecule has 2 aromatic heterocycles. The lowest BCUT2D eigenvalue weighted by molar-refractivity contribution is 0.107. The van der Waals surface area contributed by atoms with Crippen LogP contribution in [0.5, 0.6) is 0 Å². The highest BCUT2D eigenvalue weighted by atomic mass is 16.1. The largest absolute Gasteiger partial charge is 0.322 e. The summed E-state index contributed by atoms with van der Waals surface area (Å²) in [5.41, 5.74) is 2.68. The fourth-order valence-electron chi connectivity index (χ4n) is 5.16. The fraction of sp³-hybridized carbons (Fsp3) is 0.565. The summed E-state index contributed by atoms with van der Waals surface area (Å²) in [6, 6.07) is 8.31. The van der Waals surface area contributed by atoms with Gasteiger partial charge in [0.05, 0.1) is 6.04 Å². The molecular weight excluding hydrogens is 390 g/mol. The number of nitrogens with one attached hydrogen (secondary N) is 1. The van der Waals surface area contributed by atoms with E-state index < -0.39 is 0 Å². The highest BCUT2D eigenvalue weighted by Crippen LogP contribution is 2.34. The highest BCUT2D eigenvalue weighted by molar-refractivity contribution is 5.79. The maximum atomic E-state index is 13.3. The van der Waals surface area contributed by atoms with E-state index in [1.807, 2.05) is 23.7 Å². The van der Waals surface area contributed by atoms with E-state index in [0.29, 0.717) is 6.04 Å². The van der Waals surface area contributed by atoms with Crippen molar-refractivity contribution in [2.45, 2.75) is 51.6 Å². The van der Waals surface area contributed by atoms with Crippen molar-refractivity contribution < 1.29 is 0 Å². The predicted octanol–water partition coefficient (Wildman–Crippen LogP) is 2.67. The fourth-order valence-corrected chi connectivity index (χ4v) is 5.16. The molecule has 1 atom stereocenters. The lowest BCUT2D eigenvalue weighted by atomic mass is 10.0. The van der Waals surface area contributed by atoms with Crippen molar-refractivity contribution in [3.8, 4) is 0 Å². The molecule has 0 radical (unpaired) electrons. The molecule has 2 fully saturated rings. The normalized spacial score (nSPS) is 19.9. The molecule has 1 unspecified atom stereocenters. The van der Waals surface area contributed by atoms with Crippen LogP contribution in [0.3, 0.4) is 0 Å². The number of pyridine rings is 1. The molecule has 164 valence electrons. The van der Waals surface area contributed by atoms with E-state index >= 15 is 0 Å². The molecule has 1 aliphatic heterocycles. The topological polar surface area (TPSA) is 82.9 Å². The van der Waals surface area contributed by atoms with Crippen molar-refractivity contribution in [3.63, 3.8) is 0 Å². The Morgan fingerprint density at radius 3 is 2.65 bits per heavy atom. The number of piperazine rings is 1. The molecule has 3 heterocycles. The Labute approximate surface area is 182 Å². The molecular formula is C23H31N7O. The van der Waals surface area contributed by atoms with Crippen LogP contribution >= 0.6 is 0 Å². The third-order valence-corrected chi connectivity index (χ3v) is 6.98. The average molecular weight is 422 g/mol. The van der Waals surface area contributed by atoms with Gasteiger partial charge in [-0.3, -0.25) is 9.69 Å². The zero-order chi connectivity index (χ0) is 21.4. The van der Waals surface area contributed by atoms with E-state index in [4.69, 9.17) is 0 Å². The second kappa shape index (κ2) is 8.51. The van der Waals surface area contributed by atoms with Crippen molar-refractivity contribution in [1.29, 1.82) is 0 Å². The Morgan fingerprint density at radius 1 is 1.13 bits per heavy atom. The van der Waals surface area contributed by atoms with Gasteiger partial charge in [0.15, 0.2) is 5.82 Å². The van der Waals surface area contributed by atoms with Crippen LogP contribution in [0, 0.1) is 6.92 Å². The van der Waals surface area contributed by atoms with Gasteiger partial charge in [0.25, 0.3) is 5.56 Å². The van der Waals surface area contributed by atoms with E-state index in [2.05, 4.69) is 49.4 Å². The van der Waals surface area contributed by atoms with Gasteiger partial charge in [0.2, 0.25) is 0 Å². The number of rotatable bonds is 5. The maximum absolute atomic E-state index is 13.3. The van der Waals surface area contributed by atoms with Gasteiger partial charge < -0.3 is 9.88 Å². The average Bonchev–Trinajstić information content (AvgIpc) is 3.47. The minimum atomic E-state index is -0.246. The molecule has 5 rings (SSSR count). The number of aromatic nitrogens is 5. The molecule has 1 saturated carbocycles. The Bertz CT molecular complexity index is 1110. The summed E-state index contributed by atoms with van der Waals surface area (Å²) in [7, 11) is 0. The molecule has 1 aliphatic carbocycles. The van der Waals surface area contributed by atoms with Crippen LogP contribution in [0.15, 0.2) is 29.1 Å². The summed E-state index contributed by atoms with van der Waals surface area (Å²) in [6.45, 7) is 9.05. The van der Waals surface area contributed by atoms with Gasteiger partial charge in [0.1, 0.15) is 6.04 Å². The highest BCUT2D eigenvalue weighted by Gasteiger charge is 2.34. The number of benzene rings is 1. The van der Waals surface area contributed by atoms with Gasteiger partial charge >= 0.3 is 0 Å². The van der Waals surface area contributed by atoms with Crippen LogP contribution in [0.25, 0.3) is 10.9 Å². The van der Waals surface area contributed by atoms with Crippen molar-refractivity contribution in [2.24, 2.45) is 0 Å². The minimum Gasteiger partial charge on any atom is -0.322 e. The molecule has 0 amide bonds. The zero-order valence-corrected chi connectivity index (χ0v) is 18.4. The molecule has 31 heavy (non-hydrogen) atoms. The Balaban J connectivity index is 1.61. The van der Waals surface area contributed by atoms with Gasteiger partial charge in [0, 0.05) is 37.3 Å². The summed E-state index contributed by atoms with van der Waals surface area (Å²) >= 11 is 0.